The third-order valence-corrected chi connectivity index (χ3v) is 4.97. The lowest BCUT2D eigenvalue weighted by molar-refractivity contribution is -0.119. The highest BCUT2D eigenvalue weighted by molar-refractivity contribution is 6.24. The highest BCUT2D eigenvalue weighted by atomic mass is 16.5. The van der Waals surface area contributed by atoms with Gasteiger partial charge in [-0.3, -0.25) is 9.59 Å². The van der Waals surface area contributed by atoms with Gasteiger partial charge in [0, 0.05) is 29.3 Å². The highest BCUT2D eigenvalue weighted by Crippen LogP contribution is 2.25. The number of hydrogen-bond acceptors (Lipinski definition) is 3. The maximum atomic E-state index is 13.1. The molecule has 0 unspecified atom stereocenters. The monoisotopic (exact) mass is 428 g/mol. The van der Waals surface area contributed by atoms with Gasteiger partial charge in [-0.25, -0.2) is 0 Å². The molecule has 2 N–H and O–H groups in total. The van der Waals surface area contributed by atoms with Crippen molar-refractivity contribution in [1.29, 1.82) is 0 Å². The standard InChI is InChI=1S/C27H28N2O3/c1-19(2)26(30)29-23-15-13-20(14-16-23)18-28-27(31)24(21-9-5-4-6-10-21)17-22-11-7-8-12-25(22)32-3/h4-17,19H,18H2,1-3H3,(H,28,31)(H,29,30)/b24-17+. The molecule has 0 saturated heterocycles. The van der Waals surface area contributed by atoms with Crippen molar-refractivity contribution < 1.29 is 14.3 Å². The maximum absolute atomic E-state index is 13.1. The van der Waals surface area contributed by atoms with E-state index < -0.39 is 0 Å². The molecule has 0 bridgehead atoms. The van der Waals surface area contributed by atoms with Crippen LogP contribution in [-0.2, 0) is 16.1 Å². The van der Waals surface area contributed by atoms with Gasteiger partial charge in [0.1, 0.15) is 5.75 Å². The second kappa shape index (κ2) is 11.0. The van der Waals surface area contributed by atoms with E-state index in [2.05, 4.69) is 10.6 Å². The van der Waals surface area contributed by atoms with Gasteiger partial charge in [0.2, 0.25) is 5.91 Å². The molecule has 0 atom stereocenters. The lowest BCUT2D eigenvalue weighted by atomic mass is 10.0. The Balaban J connectivity index is 1.76. The van der Waals surface area contributed by atoms with Crippen molar-refractivity contribution in [2.45, 2.75) is 20.4 Å². The van der Waals surface area contributed by atoms with E-state index in [4.69, 9.17) is 4.74 Å². The molecule has 0 heterocycles. The summed E-state index contributed by atoms with van der Waals surface area (Å²) in [5, 5.41) is 5.86. The van der Waals surface area contributed by atoms with Crippen LogP contribution in [0.5, 0.6) is 5.75 Å². The molecule has 3 aromatic carbocycles. The number of hydrogen-bond donors (Lipinski definition) is 2. The Labute approximate surface area is 189 Å². The van der Waals surface area contributed by atoms with Crippen LogP contribution in [0.15, 0.2) is 78.9 Å². The summed E-state index contributed by atoms with van der Waals surface area (Å²) in [6.45, 7) is 4.07. The molecule has 164 valence electrons. The van der Waals surface area contributed by atoms with Crippen LogP contribution in [0, 0.1) is 5.92 Å². The minimum absolute atomic E-state index is 0.0277. The summed E-state index contributed by atoms with van der Waals surface area (Å²) in [7, 11) is 1.61. The predicted octanol–water partition coefficient (Wildman–Crippen LogP) is 5.15. The van der Waals surface area contributed by atoms with E-state index in [0.717, 1.165) is 22.4 Å². The normalized spacial score (nSPS) is 11.2. The zero-order valence-electron chi connectivity index (χ0n) is 18.6. The molecule has 5 heteroatoms. The van der Waals surface area contributed by atoms with Crippen molar-refractivity contribution in [3.05, 3.63) is 95.6 Å². The van der Waals surface area contributed by atoms with Gasteiger partial charge in [0.25, 0.3) is 5.91 Å². The second-order valence-corrected chi connectivity index (χ2v) is 7.69. The number of methoxy groups -OCH3 is 1. The first-order chi connectivity index (χ1) is 15.5. The molecule has 0 aliphatic heterocycles. The molecule has 2 amide bonds. The van der Waals surface area contributed by atoms with Gasteiger partial charge in [-0.15, -0.1) is 0 Å². The fourth-order valence-corrected chi connectivity index (χ4v) is 3.11. The minimum atomic E-state index is -0.181. The zero-order valence-corrected chi connectivity index (χ0v) is 18.6. The highest BCUT2D eigenvalue weighted by Gasteiger charge is 2.13. The van der Waals surface area contributed by atoms with Gasteiger partial charge < -0.3 is 15.4 Å². The van der Waals surface area contributed by atoms with E-state index in [-0.39, 0.29) is 17.7 Å². The smallest absolute Gasteiger partial charge is 0.252 e. The number of anilines is 1. The lowest BCUT2D eigenvalue weighted by Gasteiger charge is -2.12. The molecule has 0 radical (unpaired) electrons. The predicted molar refractivity (Wildman–Crippen MR) is 129 cm³/mol. The number of benzene rings is 3. The van der Waals surface area contributed by atoms with Crippen molar-refractivity contribution in [3.8, 4) is 5.75 Å². The molecule has 0 saturated carbocycles. The summed E-state index contributed by atoms with van der Waals surface area (Å²) in [6, 6.07) is 24.6. The topological polar surface area (TPSA) is 67.4 Å². The number of nitrogens with one attached hydrogen (secondary N) is 2. The number of rotatable bonds is 8. The fraction of sp³-hybridized carbons (Fsp3) is 0.185. The van der Waals surface area contributed by atoms with Gasteiger partial charge >= 0.3 is 0 Å². The summed E-state index contributed by atoms with van der Waals surface area (Å²) in [5.74, 6) is 0.410. The molecular weight excluding hydrogens is 400 g/mol. The van der Waals surface area contributed by atoms with Gasteiger partial charge in [-0.1, -0.05) is 74.5 Å². The molecule has 0 spiro atoms. The Bertz CT molecular complexity index is 1090. The largest absolute Gasteiger partial charge is 0.496 e. The van der Waals surface area contributed by atoms with Crippen molar-refractivity contribution in [2.75, 3.05) is 12.4 Å². The maximum Gasteiger partial charge on any atom is 0.252 e. The SMILES string of the molecule is COc1ccccc1/C=C(/C(=O)NCc1ccc(NC(=O)C(C)C)cc1)c1ccccc1. The molecule has 0 aliphatic carbocycles. The van der Waals surface area contributed by atoms with Crippen LogP contribution in [0.25, 0.3) is 11.6 Å². The first kappa shape index (κ1) is 22.8. The number of para-hydroxylation sites is 1. The van der Waals surface area contributed by atoms with E-state index in [9.17, 15) is 9.59 Å². The third kappa shape index (κ3) is 6.08. The summed E-state index contributed by atoms with van der Waals surface area (Å²) >= 11 is 0. The van der Waals surface area contributed by atoms with Crippen LogP contribution < -0.4 is 15.4 Å². The van der Waals surface area contributed by atoms with Crippen LogP contribution in [0.4, 0.5) is 5.69 Å². The molecule has 0 aliphatic rings. The second-order valence-electron chi connectivity index (χ2n) is 7.69. The van der Waals surface area contributed by atoms with Crippen molar-refractivity contribution in [1.82, 2.24) is 5.32 Å². The molecule has 3 aromatic rings. The third-order valence-electron chi connectivity index (χ3n) is 4.97. The molecule has 0 aromatic heterocycles. The van der Waals surface area contributed by atoms with E-state index in [1.807, 2.05) is 98.8 Å². The number of amides is 2. The zero-order chi connectivity index (χ0) is 22.9. The summed E-state index contributed by atoms with van der Waals surface area (Å²) in [6.07, 6.45) is 1.84. The number of carbonyl (C=O) groups excluding carboxylic acids is 2. The average Bonchev–Trinajstić information content (AvgIpc) is 2.82. The van der Waals surface area contributed by atoms with Gasteiger partial charge in [0.15, 0.2) is 0 Å². The van der Waals surface area contributed by atoms with Crippen LogP contribution in [0.3, 0.4) is 0 Å². The molecule has 3 rings (SSSR count). The number of ether oxygens (including phenoxy) is 1. The quantitative estimate of drug-likeness (QED) is 0.385. The Hall–Kier alpha value is -3.86. The van der Waals surface area contributed by atoms with Gasteiger partial charge in [-0.05, 0) is 35.4 Å². The number of carbonyl (C=O) groups is 2. The summed E-state index contributed by atoms with van der Waals surface area (Å²) in [5.41, 5.74) is 3.87. The van der Waals surface area contributed by atoms with Crippen LogP contribution in [0.1, 0.15) is 30.5 Å². The average molecular weight is 429 g/mol. The van der Waals surface area contributed by atoms with Gasteiger partial charge in [0.05, 0.1) is 7.11 Å². The molecule has 32 heavy (non-hydrogen) atoms. The lowest BCUT2D eigenvalue weighted by Crippen LogP contribution is -2.24. The fourth-order valence-electron chi connectivity index (χ4n) is 3.11. The van der Waals surface area contributed by atoms with Crippen LogP contribution in [-0.4, -0.2) is 18.9 Å². The molecular formula is C27H28N2O3. The first-order valence-corrected chi connectivity index (χ1v) is 10.6. The van der Waals surface area contributed by atoms with Crippen molar-refractivity contribution >= 4 is 29.2 Å². The molecule has 5 nitrogen and oxygen atoms in total. The minimum Gasteiger partial charge on any atom is -0.496 e. The Morgan fingerprint density at radius 3 is 2.22 bits per heavy atom. The van der Waals surface area contributed by atoms with Crippen molar-refractivity contribution in [3.63, 3.8) is 0 Å². The Morgan fingerprint density at radius 2 is 1.56 bits per heavy atom. The Kier molecular flexibility index (Phi) is 7.81. The van der Waals surface area contributed by atoms with E-state index in [0.29, 0.717) is 17.9 Å². The summed E-state index contributed by atoms with van der Waals surface area (Å²) < 4.78 is 5.44. The van der Waals surface area contributed by atoms with Gasteiger partial charge in [-0.2, -0.15) is 0 Å². The van der Waals surface area contributed by atoms with Crippen molar-refractivity contribution in [2.24, 2.45) is 5.92 Å². The Morgan fingerprint density at radius 1 is 0.906 bits per heavy atom. The van der Waals surface area contributed by atoms with E-state index in [1.165, 1.54) is 0 Å². The van der Waals surface area contributed by atoms with Crippen LogP contribution >= 0.6 is 0 Å². The van der Waals surface area contributed by atoms with E-state index in [1.54, 1.807) is 7.11 Å². The summed E-state index contributed by atoms with van der Waals surface area (Å²) in [4.78, 5) is 25.0. The van der Waals surface area contributed by atoms with Crippen LogP contribution in [0.2, 0.25) is 0 Å². The van der Waals surface area contributed by atoms with E-state index >= 15 is 0 Å². The molecule has 0 fully saturated rings. The first-order valence-electron chi connectivity index (χ1n) is 10.6.